The van der Waals surface area contributed by atoms with Gasteiger partial charge in [-0.1, -0.05) is 11.3 Å². The molecule has 3 aliphatic rings. The largest absolute Gasteiger partial charge is 0.375 e. The number of nitrogen functional groups attached to an aromatic ring is 1. The van der Waals surface area contributed by atoms with Crippen molar-refractivity contribution < 1.29 is 0 Å². The van der Waals surface area contributed by atoms with E-state index in [4.69, 9.17) is 5.73 Å². The molecule has 17 heavy (non-hydrogen) atoms. The van der Waals surface area contributed by atoms with Crippen LogP contribution in [0.25, 0.3) is 10.2 Å². The second-order valence-corrected chi connectivity index (χ2v) is 6.27. The number of rotatable bonds is 1. The first kappa shape index (κ1) is 9.58. The van der Waals surface area contributed by atoms with E-state index in [1.807, 2.05) is 6.92 Å². The number of nitrogens with two attached hydrogens (primary N) is 1. The van der Waals surface area contributed by atoms with E-state index in [1.54, 1.807) is 4.68 Å². The molecule has 0 saturated heterocycles. The maximum absolute atomic E-state index is 12.3. The third kappa shape index (κ3) is 1.02. The molecule has 0 aromatic carbocycles. The summed E-state index contributed by atoms with van der Waals surface area (Å²) in [5.41, 5.74) is 6.97. The molecule has 5 nitrogen and oxygen atoms in total. The van der Waals surface area contributed by atoms with Crippen molar-refractivity contribution in [2.45, 2.75) is 31.7 Å². The van der Waals surface area contributed by atoms with Crippen LogP contribution < -0.4 is 11.3 Å². The van der Waals surface area contributed by atoms with Gasteiger partial charge in [-0.2, -0.15) is 5.10 Å². The molecule has 2 heterocycles. The van der Waals surface area contributed by atoms with E-state index >= 15 is 0 Å². The molecule has 6 heteroatoms. The van der Waals surface area contributed by atoms with Crippen LogP contribution in [0.2, 0.25) is 0 Å². The van der Waals surface area contributed by atoms with Crippen LogP contribution in [-0.2, 0) is 5.54 Å². The number of aryl methyl sites for hydroxylation is 1. The molecule has 2 bridgehead atoms. The number of nitrogens with zero attached hydrogens (tertiary/aromatic N) is 3. The highest BCUT2D eigenvalue weighted by Gasteiger charge is 2.59. The molecule has 0 spiro atoms. The lowest BCUT2D eigenvalue weighted by Gasteiger charge is -2.61. The number of hydrogen-bond donors (Lipinski definition) is 1. The number of fused-ring (bicyclic) bond motifs is 1. The predicted molar refractivity (Wildman–Crippen MR) is 66.1 cm³/mol. The van der Waals surface area contributed by atoms with Gasteiger partial charge in [-0.3, -0.25) is 4.79 Å². The van der Waals surface area contributed by atoms with E-state index < -0.39 is 0 Å². The fourth-order valence-electron chi connectivity index (χ4n) is 3.08. The summed E-state index contributed by atoms with van der Waals surface area (Å²) in [5, 5.41) is 4.91. The molecule has 0 amide bonds. The zero-order chi connectivity index (χ0) is 11.8. The van der Waals surface area contributed by atoms with Crippen molar-refractivity contribution in [1.82, 2.24) is 14.8 Å². The standard InChI is InChI=1S/C11H12N4OS/c1-5-8-7(13-10(12)17-8)9(16)15(14-5)11-2-6(3-11)4-11/h6H,2-4H2,1H3,(H2,12,13). The Labute approximate surface area is 101 Å². The Balaban J connectivity index is 2.04. The Morgan fingerprint density at radius 2 is 2.18 bits per heavy atom. The second kappa shape index (κ2) is 2.69. The minimum atomic E-state index is -0.0725. The van der Waals surface area contributed by atoms with Gasteiger partial charge in [-0.25, -0.2) is 9.67 Å². The summed E-state index contributed by atoms with van der Waals surface area (Å²) in [7, 11) is 0. The molecule has 3 saturated carbocycles. The van der Waals surface area contributed by atoms with E-state index in [1.165, 1.54) is 11.3 Å². The third-order valence-electron chi connectivity index (χ3n) is 4.07. The maximum Gasteiger partial charge on any atom is 0.294 e. The summed E-state index contributed by atoms with van der Waals surface area (Å²) in [5.74, 6) is 0.820. The summed E-state index contributed by atoms with van der Waals surface area (Å²) in [6.45, 7) is 1.92. The first-order chi connectivity index (χ1) is 8.09. The number of aromatic nitrogens is 3. The highest BCUT2D eigenvalue weighted by molar-refractivity contribution is 7.22. The summed E-state index contributed by atoms with van der Waals surface area (Å²) < 4.78 is 2.50. The first-order valence-electron chi connectivity index (χ1n) is 5.75. The number of thiazole rings is 1. The van der Waals surface area contributed by atoms with E-state index in [9.17, 15) is 4.79 Å². The van der Waals surface area contributed by atoms with Crippen LogP contribution in [0.4, 0.5) is 5.13 Å². The summed E-state index contributed by atoms with van der Waals surface area (Å²) in [6.07, 6.45) is 3.30. The van der Waals surface area contributed by atoms with E-state index in [-0.39, 0.29) is 11.1 Å². The Kier molecular flexibility index (Phi) is 1.52. The molecule has 2 aromatic heterocycles. The smallest absolute Gasteiger partial charge is 0.294 e. The van der Waals surface area contributed by atoms with Gasteiger partial charge in [0.05, 0.1) is 15.9 Å². The molecular weight excluding hydrogens is 236 g/mol. The van der Waals surface area contributed by atoms with Gasteiger partial charge >= 0.3 is 0 Å². The maximum atomic E-state index is 12.3. The molecule has 88 valence electrons. The van der Waals surface area contributed by atoms with Crippen molar-refractivity contribution >= 4 is 26.7 Å². The average molecular weight is 248 g/mol. The Hall–Kier alpha value is -1.43. The van der Waals surface area contributed by atoms with Crippen LogP contribution in [0, 0.1) is 12.8 Å². The quantitative estimate of drug-likeness (QED) is 0.824. The van der Waals surface area contributed by atoms with Crippen molar-refractivity contribution in [3.05, 3.63) is 16.0 Å². The van der Waals surface area contributed by atoms with Crippen molar-refractivity contribution in [1.29, 1.82) is 0 Å². The molecule has 2 N–H and O–H groups in total. The van der Waals surface area contributed by atoms with E-state index in [0.29, 0.717) is 10.6 Å². The Morgan fingerprint density at radius 1 is 1.47 bits per heavy atom. The SMILES string of the molecule is Cc1nn(C23CC(C2)C3)c(=O)c2nc(N)sc12. The van der Waals surface area contributed by atoms with Crippen LogP contribution in [0.15, 0.2) is 4.79 Å². The van der Waals surface area contributed by atoms with Crippen LogP contribution in [0.1, 0.15) is 25.0 Å². The number of hydrogen-bond acceptors (Lipinski definition) is 5. The van der Waals surface area contributed by atoms with Gasteiger partial charge in [0, 0.05) is 0 Å². The normalized spacial score (nSPS) is 30.1. The van der Waals surface area contributed by atoms with Gasteiger partial charge in [0.15, 0.2) is 10.6 Å². The molecule has 0 aliphatic heterocycles. The van der Waals surface area contributed by atoms with Crippen LogP contribution in [-0.4, -0.2) is 14.8 Å². The highest BCUT2D eigenvalue weighted by Crippen LogP contribution is 2.61. The zero-order valence-electron chi connectivity index (χ0n) is 9.43. The third-order valence-corrected chi connectivity index (χ3v) is 5.07. The van der Waals surface area contributed by atoms with Gasteiger partial charge in [-0.05, 0) is 32.1 Å². The van der Waals surface area contributed by atoms with Crippen LogP contribution in [0.5, 0.6) is 0 Å². The first-order valence-corrected chi connectivity index (χ1v) is 6.57. The van der Waals surface area contributed by atoms with Crippen LogP contribution in [0.3, 0.4) is 0 Å². The van der Waals surface area contributed by atoms with Crippen molar-refractivity contribution in [2.24, 2.45) is 5.92 Å². The van der Waals surface area contributed by atoms with Crippen molar-refractivity contribution in [3.8, 4) is 0 Å². The van der Waals surface area contributed by atoms with Crippen molar-refractivity contribution in [2.75, 3.05) is 5.73 Å². The van der Waals surface area contributed by atoms with Gasteiger partial charge < -0.3 is 5.73 Å². The minimum absolute atomic E-state index is 0.0130. The van der Waals surface area contributed by atoms with E-state index in [0.717, 1.165) is 35.6 Å². The molecule has 0 radical (unpaired) electrons. The zero-order valence-corrected chi connectivity index (χ0v) is 10.3. The van der Waals surface area contributed by atoms with Crippen LogP contribution >= 0.6 is 11.3 Å². The average Bonchev–Trinajstić information content (AvgIpc) is 2.51. The van der Waals surface area contributed by atoms with Gasteiger partial charge in [0.1, 0.15) is 0 Å². The monoisotopic (exact) mass is 248 g/mol. The fraction of sp³-hybridized carbons (Fsp3) is 0.545. The molecule has 0 unspecified atom stereocenters. The summed E-state index contributed by atoms with van der Waals surface area (Å²) in [4.78, 5) is 16.5. The Bertz CT molecular complexity index is 684. The molecular formula is C11H12N4OS. The summed E-state index contributed by atoms with van der Waals surface area (Å²) in [6, 6.07) is 0. The molecule has 3 fully saturated rings. The van der Waals surface area contributed by atoms with E-state index in [2.05, 4.69) is 10.1 Å². The molecule has 5 rings (SSSR count). The lowest BCUT2D eigenvalue weighted by atomic mass is 9.50. The Morgan fingerprint density at radius 3 is 2.76 bits per heavy atom. The van der Waals surface area contributed by atoms with Crippen molar-refractivity contribution in [3.63, 3.8) is 0 Å². The topological polar surface area (TPSA) is 73.8 Å². The predicted octanol–water partition coefficient (Wildman–Crippen LogP) is 1.25. The fourth-order valence-corrected chi connectivity index (χ4v) is 3.85. The molecule has 0 atom stereocenters. The van der Waals surface area contributed by atoms with Gasteiger partial charge in [0.2, 0.25) is 0 Å². The van der Waals surface area contributed by atoms with Gasteiger partial charge in [0.25, 0.3) is 5.56 Å². The lowest BCUT2D eigenvalue weighted by Crippen LogP contribution is -2.62. The van der Waals surface area contributed by atoms with Gasteiger partial charge in [-0.15, -0.1) is 0 Å². The molecule has 2 aromatic rings. The molecule has 3 aliphatic carbocycles. The number of anilines is 1. The second-order valence-electron chi connectivity index (χ2n) is 5.23. The lowest BCUT2D eigenvalue weighted by molar-refractivity contribution is -0.101. The summed E-state index contributed by atoms with van der Waals surface area (Å²) >= 11 is 1.34. The minimum Gasteiger partial charge on any atom is -0.375 e. The highest BCUT2D eigenvalue weighted by atomic mass is 32.1.